The van der Waals surface area contributed by atoms with Gasteiger partial charge < -0.3 is 15.3 Å². The molecule has 0 aliphatic carbocycles. The van der Waals surface area contributed by atoms with Crippen LogP contribution in [0.2, 0.25) is 0 Å². The molecule has 1 aliphatic rings. The summed E-state index contributed by atoms with van der Waals surface area (Å²) in [4.78, 5) is 2.35. The molecule has 1 aliphatic heterocycles. The van der Waals surface area contributed by atoms with E-state index >= 15 is 0 Å². The minimum Gasteiger partial charge on any atom is -0.400 e. The van der Waals surface area contributed by atoms with E-state index < -0.39 is 0 Å². The van der Waals surface area contributed by atoms with Crippen LogP contribution in [0.25, 0.3) is 21.5 Å². The van der Waals surface area contributed by atoms with Crippen LogP contribution >= 0.6 is 12.6 Å². The van der Waals surface area contributed by atoms with Gasteiger partial charge in [-0.15, -0.1) is 0 Å². The van der Waals surface area contributed by atoms with Gasteiger partial charge >= 0.3 is 0 Å². The maximum atomic E-state index is 7.00. The molecule has 53 heavy (non-hydrogen) atoms. The Bertz CT molecular complexity index is 1610. The summed E-state index contributed by atoms with van der Waals surface area (Å²) in [5, 5.41) is 15.7. The molecule has 4 aromatic rings. The third-order valence-corrected chi connectivity index (χ3v) is 8.75. The zero-order valence-corrected chi connectivity index (χ0v) is 38.3. The van der Waals surface area contributed by atoms with Crippen LogP contribution in [0.5, 0.6) is 0 Å². The maximum absolute atomic E-state index is 7.00. The van der Waals surface area contributed by atoms with Crippen LogP contribution < -0.4 is 10.2 Å². The highest BCUT2D eigenvalue weighted by Crippen LogP contribution is 2.50. The fourth-order valence-corrected chi connectivity index (χ4v) is 6.28. The SMILES string of the molecule is CC.CC.CC.CC.CCC.CNc1ccc2ccccc2c1C(C)(C)C(C)/C=C/C=C/C=C1/N(C)c2ccc3ccccc3c2C1(C)C.CO.CS. The Morgan fingerprint density at radius 1 is 0.736 bits per heavy atom. The number of fused-ring (bicyclic) bond motifs is 4. The number of likely N-dealkylation sites (N-methyl/N-ethyl adjacent to an activating group) is 1. The lowest BCUT2D eigenvalue weighted by atomic mass is 9.71. The van der Waals surface area contributed by atoms with E-state index in [0.717, 1.165) is 7.11 Å². The molecule has 1 atom stereocenters. The second-order valence-electron chi connectivity index (χ2n) is 12.4. The topological polar surface area (TPSA) is 35.5 Å². The highest BCUT2D eigenvalue weighted by atomic mass is 32.1. The van der Waals surface area contributed by atoms with Gasteiger partial charge in [-0.25, -0.2) is 0 Å². The lowest BCUT2D eigenvalue weighted by molar-refractivity contribution is 0.399. The van der Waals surface area contributed by atoms with Gasteiger partial charge in [0.25, 0.3) is 0 Å². The summed E-state index contributed by atoms with van der Waals surface area (Å²) in [7, 11) is 5.20. The summed E-state index contributed by atoms with van der Waals surface area (Å²) in [6.07, 6.45) is 14.1. The van der Waals surface area contributed by atoms with Gasteiger partial charge in [-0.3, -0.25) is 0 Å². The van der Waals surface area contributed by atoms with E-state index in [4.69, 9.17) is 5.11 Å². The molecule has 0 bridgehead atoms. The Morgan fingerprint density at radius 3 is 1.70 bits per heavy atom. The molecule has 4 heteroatoms. The molecule has 0 saturated heterocycles. The Kier molecular flexibility index (Phi) is 30.4. The van der Waals surface area contributed by atoms with Gasteiger partial charge in [0.1, 0.15) is 0 Å². The molecule has 0 aromatic heterocycles. The average molecular weight is 745 g/mol. The number of benzene rings is 4. The largest absolute Gasteiger partial charge is 0.400 e. The van der Waals surface area contributed by atoms with Crippen molar-refractivity contribution in [2.75, 3.05) is 37.7 Å². The fraction of sp³-hybridized carbons (Fsp3) is 0.469. The number of hydrogen-bond acceptors (Lipinski definition) is 4. The van der Waals surface area contributed by atoms with E-state index in [1.807, 2.05) is 62.4 Å². The predicted molar refractivity (Wildman–Crippen MR) is 252 cm³/mol. The van der Waals surface area contributed by atoms with Gasteiger partial charge in [-0.2, -0.15) is 12.6 Å². The van der Waals surface area contributed by atoms with E-state index in [-0.39, 0.29) is 10.8 Å². The molecule has 0 fully saturated rings. The molecule has 1 heterocycles. The van der Waals surface area contributed by atoms with Crippen molar-refractivity contribution < 1.29 is 5.11 Å². The van der Waals surface area contributed by atoms with Crippen LogP contribution in [-0.2, 0) is 10.8 Å². The number of hydrogen-bond donors (Lipinski definition) is 3. The summed E-state index contributed by atoms with van der Waals surface area (Å²) in [5.74, 6) is 0.346. The lowest BCUT2D eigenvalue weighted by Crippen LogP contribution is -2.26. The van der Waals surface area contributed by atoms with Crippen LogP contribution in [0, 0.1) is 5.92 Å². The molecule has 3 nitrogen and oxygen atoms in total. The van der Waals surface area contributed by atoms with Crippen LogP contribution in [-0.4, -0.2) is 32.6 Å². The van der Waals surface area contributed by atoms with Gasteiger partial charge in [0.2, 0.25) is 0 Å². The lowest BCUT2D eigenvalue weighted by Gasteiger charge is -2.33. The average Bonchev–Trinajstić information content (AvgIpc) is 3.42. The highest BCUT2D eigenvalue weighted by molar-refractivity contribution is 7.79. The first-order valence-electron chi connectivity index (χ1n) is 20.0. The Morgan fingerprint density at radius 2 is 1.19 bits per heavy atom. The number of thiol groups is 1. The van der Waals surface area contributed by atoms with Gasteiger partial charge in [0, 0.05) is 43.7 Å². The molecule has 5 rings (SSSR count). The van der Waals surface area contributed by atoms with Crippen molar-refractivity contribution in [2.24, 2.45) is 5.92 Å². The van der Waals surface area contributed by atoms with Crippen LogP contribution in [0.15, 0.2) is 109 Å². The standard InChI is InChI=1S/C36H40N2.C3H8.4C2H6.CH4O.CH4S/c1-25(35(2,3)33-28-18-13-11-16-26(28)21-23-30(33)37-6)15-9-8-10-20-32-36(4,5)34-29-19-14-12-17-27(29)22-24-31(34)38(32)7;1-3-2;6*1-2/h8-25,37H,1-7H3;3H2,1-2H3;4*1-2H3;2*2H,1H3/b10-8+,15-9+,32-20+;;;;;;;. The number of anilines is 2. The number of allylic oxidation sites excluding steroid dienone is 6. The summed E-state index contributed by atoms with van der Waals surface area (Å²) in [6, 6.07) is 26.3. The zero-order valence-electron chi connectivity index (χ0n) is 37.4. The maximum Gasteiger partial charge on any atom is 0.0454 e. The van der Waals surface area contributed by atoms with E-state index in [1.54, 1.807) is 6.26 Å². The predicted octanol–water partition coefficient (Wildman–Crippen LogP) is 15.0. The minimum absolute atomic E-state index is 0.0433. The van der Waals surface area contributed by atoms with Gasteiger partial charge in [-0.1, -0.05) is 195 Å². The molecule has 2 N–H and O–H groups in total. The van der Waals surface area contributed by atoms with E-state index in [2.05, 4.69) is 182 Å². The van der Waals surface area contributed by atoms with E-state index in [1.165, 1.54) is 56.2 Å². The molecule has 0 saturated carbocycles. The molecule has 298 valence electrons. The van der Waals surface area contributed by atoms with E-state index in [0.29, 0.717) is 5.92 Å². The summed E-state index contributed by atoms with van der Waals surface area (Å²) in [5.41, 5.74) is 6.50. The van der Waals surface area contributed by atoms with Gasteiger partial charge in [0.05, 0.1) is 0 Å². The smallest absolute Gasteiger partial charge is 0.0454 e. The molecular formula is C49H80N2OS. The third kappa shape index (κ3) is 14.0. The summed E-state index contributed by atoms with van der Waals surface area (Å²) in [6.45, 7) is 32.0. The second kappa shape index (κ2) is 29.9. The van der Waals surface area contributed by atoms with Crippen LogP contribution in [0.3, 0.4) is 0 Å². The summed E-state index contributed by atoms with van der Waals surface area (Å²) < 4.78 is 0. The van der Waals surface area contributed by atoms with E-state index in [9.17, 15) is 0 Å². The van der Waals surface area contributed by atoms with Crippen molar-refractivity contribution in [3.05, 3.63) is 120 Å². The molecule has 0 spiro atoms. The first-order valence-corrected chi connectivity index (χ1v) is 20.9. The fourth-order valence-electron chi connectivity index (χ4n) is 6.28. The number of aliphatic hydroxyl groups is 1. The van der Waals surface area contributed by atoms with Crippen molar-refractivity contribution in [1.29, 1.82) is 0 Å². The molecule has 0 radical (unpaired) electrons. The summed E-state index contributed by atoms with van der Waals surface area (Å²) >= 11 is 3.53. The Hall–Kier alpha value is -3.47. The normalized spacial score (nSPS) is 13.4. The van der Waals surface area contributed by atoms with Crippen molar-refractivity contribution in [3.63, 3.8) is 0 Å². The van der Waals surface area contributed by atoms with Crippen molar-refractivity contribution in [1.82, 2.24) is 0 Å². The molecule has 0 amide bonds. The number of rotatable bonds is 6. The van der Waals surface area contributed by atoms with Crippen molar-refractivity contribution in [3.8, 4) is 0 Å². The molecular weight excluding hydrogens is 665 g/mol. The monoisotopic (exact) mass is 745 g/mol. The Labute approximate surface area is 334 Å². The number of aliphatic hydroxyl groups excluding tert-OH is 1. The number of nitrogens with zero attached hydrogens (tertiary/aromatic N) is 1. The Balaban J connectivity index is -0.00000148. The van der Waals surface area contributed by atoms with Gasteiger partial charge in [0.15, 0.2) is 0 Å². The zero-order chi connectivity index (χ0) is 41.8. The molecule has 4 aromatic carbocycles. The van der Waals surface area contributed by atoms with Gasteiger partial charge in [-0.05, 0) is 68.5 Å². The van der Waals surface area contributed by atoms with Crippen molar-refractivity contribution >= 4 is 45.5 Å². The third-order valence-electron chi connectivity index (χ3n) is 8.75. The van der Waals surface area contributed by atoms with Crippen molar-refractivity contribution in [2.45, 2.75) is 121 Å². The number of nitrogens with one attached hydrogen (secondary N) is 1. The quantitative estimate of drug-likeness (QED) is 0.136. The first-order chi connectivity index (χ1) is 25.6. The first kappa shape index (κ1) is 53.9. The van der Waals surface area contributed by atoms with Crippen LogP contribution in [0.4, 0.5) is 11.4 Å². The van der Waals surface area contributed by atoms with Crippen LogP contribution in [0.1, 0.15) is 121 Å². The molecule has 1 unspecified atom stereocenters. The second-order valence-corrected chi connectivity index (χ2v) is 12.4. The highest BCUT2D eigenvalue weighted by Gasteiger charge is 2.39. The minimum atomic E-state index is -0.0633.